The second-order valence-corrected chi connectivity index (χ2v) is 3.74. The summed E-state index contributed by atoms with van der Waals surface area (Å²) in [7, 11) is 1.58. The first-order valence-electron chi connectivity index (χ1n) is 4.42. The lowest BCUT2D eigenvalue weighted by Gasteiger charge is -2.01. The van der Waals surface area contributed by atoms with Gasteiger partial charge >= 0.3 is 5.97 Å². The number of aromatic carboxylic acids is 1. The zero-order valence-electron chi connectivity index (χ0n) is 8.38. The van der Waals surface area contributed by atoms with Crippen molar-refractivity contribution in [3.63, 3.8) is 0 Å². The molecule has 0 atom stereocenters. The van der Waals surface area contributed by atoms with Crippen LogP contribution in [0.3, 0.4) is 0 Å². The summed E-state index contributed by atoms with van der Waals surface area (Å²) >= 11 is 1.06. The van der Waals surface area contributed by atoms with Gasteiger partial charge in [0, 0.05) is 0 Å². The van der Waals surface area contributed by atoms with Crippen molar-refractivity contribution in [2.24, 2.45) is 0 Å². The largest absolute Gasteiger partial charge is 0.497 e. The molecular formula is C10H8N2O3S. The first-order valence-corrected chi connectivity index (χ1v) is 5.20. The van der Waals surface area contributed by atoms with Crippen LogP contribution in [-0.2, 0) is 0 Å². The molecule has 82 valence electrons. The van der Waals surface area contributed by atoms with Gasteiger partial charge in [0.15, 0.2) is 5.69 Å². The van der Waals surface area contributed by atoms with Crippen molar-refractivity contribution < 1.29 is 14.6 Å². The first-order chi connectivity index (χ1) is 7.72. The number of carbonyl (C=O) groups is 1. The number of hydrogen-bond acceptors (Lipinski definition) is 5. The standard InChI is InChI=1S/C10H8N2O3S/c1-15-7-4-2-6(3-5-7)9-8(10(13)14)11-12-16-9/h2-5H,1H3,(H,13,14). The molecule has 0 fully saturated rings. The molecule has 1 N–H and O–H groups in total. The fourth-order valence-corrected chi connectivity index (χ4v) is 1.92. The van der Waals surface area contributed by atoms with Gasteiger partial charge in [-0.05, 0) is 41.4 Å². The van der Waals surface area contributed by atoms with Crippen LogP contribution in [0.2, 0.25) is 0 Å². The molecule has 0 amide bonds. The maximum atomic E-state index is 10.9. The van der Waals surface area contributed by atoms with Crippen molar-refractivity contribution in [1.82, 2.24) is 9.59 Å². The molecule has 1 aromatic heterocycles. The molecule has 16 heavy (non-hydrogen) atoms. The molecule has 1 heterocycles. The number of hydrogen-bond donors (Lipinski definition) is 1. The van der Waals surface area contributed by atoms with Gasteiger partial charge in [0.1, 0.15) is 5.75 Å². The Morgan fingerprint density at radius 1 is 1.38 bits per heavy atom. The first kappa shape index (κ1) is 10.6. The Bertz CT molecular complexity index is 507. The van der Waals surface area contributed by atoms with E-state index in [0.717, 1.165) is 22.8 Å². The fraction of sp³-hybridized carbons (Fsp3) is 0.100. The van der Waals surface area contributed by atoms with Crippen molar-refractivity contribution in [1.29, 1.82) is 0 Å². The average Bonchev–Trinajstić information content (AvgIpc) is 2.78. The molecule has 1 aromatic carbocycles. The van der Waals surface area contributed by atoms with Crippen LogP contribution in [0.4, 0.5) is 0 Å². The van der Waals surface area contributed by atoms with Crippen LogP contribution in [0.25, 0.3) is 10.4 Å². The van der Waals surface area contributed by atoms with Crippen molar-refractivity contribution in [2.45, 2.75) is 0 Å². The SMILES string of the molecule is COc1ccc(-c2snnc2C(=O)O)cc1. The third-order valence-corrected chi connectivity index (χ3v) is 2.82. The molecule has 2 rings (SSSR count). The van der Waals surface area contributed by atoms with Gasteiger partial charge in [-0.25, -0.2) is 4.79 Å². The van der Waals surface area contributed by atoms with Crippen molar-refractivity contribution in [3.05, 3.63) is 30.0 Å². The maximum Gasteiger partial charge on any atom is 0.358 e. The summed E-state index contributed by atoms with van der Waals surface area (Å²) in [4.78, 5) is 11.4. The van der Waals surface area contributed by atoms with Gasteiger partial charge in [-0.15, -0.1) is 5.10 Å². The highest BCUT2D eigenvalue weighted by molar-refractivity contribution is 7.09. The zero-order chi connectivity index (χ0) is 11.5. The molecule has 5 nitrogen and oxygen atoms in total. The lowest BCUT2D eigenvalue weighted by atomic mass is 10.1. The summed E-state index contributed by atoms with van der Waals surface area (Å²) in [6, 6.07) is 7.09. The minimum atomic E-state index is -1.07. The van der Waals surface area contributed by atoms with E-state index in [0.29, 0.717) is 4.88 Å². The lowest BCUT2D eigenvalue weighted by Crippen LogP contribution is -1.98. The van der Waals surface area contributed by atoms with E-state index in [-0.39, 0.29) is 5.69 Å². The molecular weight excluding hydrogens is 228 g/mol. The number of ether oxygens (including phenoxy) is 1. The van der Waals surface area contributed by atoms with Crippen LogP contribution in [0.5, 0.6) is 5.75 Å². The van der Waals surface area contributed by atoms with E-state index >= 15 is 0 Å². The van der Waals surface area contributed by atoms with Crippen molar-refractivity contribution >= 4 is 17.5 Å². The summed E-state index contributed by atoms with van der Waals surface area (Å²) in [5.74, 6) is -0.349. The van der Waals surface area contributed by atoms with E-state index in [1.165, 1.54) is 0 Å². The highest BCUT2D eigenvalue weighted by Gasteiger charge is 2.16. The Morgan fingerprint density at radius 3 is 2.62 bits per heavy atom. The summed E-state index contributed by atoms with van der Waals surface area (Å²) < 4.78 is 8.66. The Balaban J connectivity index is 2.42. The van der Waals surface area contributed by atoms with Crippen LogP contribution in [0.1, 0.15) is 10.5 Å². The lowest BCUT2D eigenvalue weighted by molar-refractivity contribution is 0.0691. The smallest absolute Gasteiger partial charge is 0.358 e. The normalized spacial score (nSPS) is 10.1. The highest BCUT2D eigenvalue weighted by Crippen LogP contribution is 2.27. The Morgan fingerprint density at radius 2 is 2.06 bits per heavy atom. The van der Waals surface area contributed by atoms with Crippen LogP contribution in [0.15, 0.2) is 24.3 Å². The topological polar surface area (TPSA) is 72.3 Å². The molecule has 0 aliphatic rings. The number of rotatable bonds is 3. The molecule has 0 saturated heterocycles. The number of carboxylic acid groups (broad SMARTS) is 1. The van der Waals surface area contributed by atoms with Gasteiger partial charge in [0.05, 0.1) is 12.0 Å². The quantitative estimate of drug-likeness (QED) is 0.881. The van der Waals surface area contributed by atoms with Gasteiger partial charge in [0.2, 0.25) is 0 Å². The molecule has 0 saturated carbocycles. The monoisotopic (exact) mass is 236 g/mol. The minimum Gasteiger partial charge on any atom is -0.497 e. The Labute approximate surface area is 95.5 Å². The van der Waals surface area contributed by atoms with E-state index in [9.17, 15) is 4.79 Å². The molecule has 0 aliphatic carbocycles. The third kappa shape index (κ3) is 1.87. The van der Waals surface area contributed by atoms with E-state index in [2.05, 4.69) is 9.59 Å². The van der Waals surface area contributed by atoms with Gasteiger partial charge < -0.3 is 9.84 Å². The van der Waals surface area contributed by atoms with Gasteiger partial charge in [-0.1, -0.05) is 4.49 Å². The third-order valence-electron chi connectivity index (χ3n) is 2.04. The minimum absolute atomic E-state index is 0.0184. The van der Waals surface area contributed by atoms with Crippen molar-refractivity contribution in [3.8, 4) is 16.2 Å². The van der Waals surface area contributed by atoms with E-state index in [4.69, 9.17) is 9.84 Å². The average molecular weight is 236 g/mol. The Kier molecular flexibility index (Phi) is 2.82. The summed E-state index contributed by atoms with van der Waals surface area (Å²) in [6.07, 6.45) is 0. The van der Waals surface area contributed by atoms with E-state index in [1.807, 2.05) is 0 Å². The Hall–Kier alpha value is -1.95. The summed E-state index contributed by atoms with van der Waals surface area (Å²) in [5, 5.41) is 12.5. The molecule has 6 heteroatoms. The molecule has 0 unspecified atom stereocenters. The number of nitrogens with zero attached hydrogens (tertiary/aromatic N) is 2. The fourth-order valence-electron chi connectivity index (χ4n) is 1.26. The number of aromatic nitrogens is 2. The van der Waals surface area contributed by atoms with Crippen LogP contribution in [-0.4, -0.2) is 27.8 Å². The van der Waals surface area contributed by atoms with Crippen LogP contribution >= 0.6 is 11.5 Å². The van der Waals surface area contributed by atoms with Crippen LogP contribution in [0, 0.1) is 0 Å². The van der Waals surface area contributed by atoms with Crippen LogP contribution < -0.4 is 4.74 Å². The second kappa shape index (κ2) is 4.28. The number of carboxylic acids is 1. The molecule has 0 bridgehead atoms. The molecule has 0 aliphatic heterocycles. The molecule has 2 aromatic rings. The van der Waals surface area contributed by atoms with Gasteiger partial charge in [0.25, 0.3) is 0 Å². The molecule has 0 spiro atoms. The van der Waals surface area contributed by atoms with Gasteiger partial charge in [-0.3, -0.25) is 0 Å². The molecule has 0 radical (unpaired) electrons. The summed E-state index contributed by atoms with van der Waals surface area (Å²) in [6.45, 7) is 0. The summed E-state index contributed by atoms with van der Waals surface area (Å²) in [5.41, 5.74) is 0.753. The number of benzene rings is 1. The number of methoxy groups -OCH3 is 1. The van der Waals surface area contributed by atoms with Crippen molar-refractivity contribution in [2.75, 3.05) is 7.11 Å². The predicted octanol–water partition coefficient (Wildman–Crippen LogP) is 1.91. The zero-order valence-corrected chi connectivity index (χ0v) is 9.19. The second-order valence-electron chi connectivity index (χ2n) is 2.98. The van der Waals surface area contributed by atoms with E-state index in [1.54, 1.807) is 31.4 Å². The highest BCUT2D eigenvalue weighted by atomic mass is 32.1. The predicted molar refractivity (Wildman–Crippen MR) is 58.9 cm³/mol. The van der Waals surface area contributed by atoms with E-state index < -0.39 is 5.97 Å². The van der Waals surface area contributed by atoms with Gasteiger partial charge in [-0.2, -0.15) is 0 Å². The maximum absolute atomic E-state index is 10.9.